The van der Waals surface area contributed by atoms with E-state index in [0.29, 0.717) is 0 Å². The van der Waals surface area contributed by atoms with Crippen LogP contribution in [-0.4, -0.2) is 26.5 Å². The Labute approximate surface area is 101 Å². The first-order valence-corrected chi connectivity index (χ1v) is 5.91. The molecule has 1 N–H and O–H groups in total. The lowest BCUT2D eigenvalue weighted by atomic mass is 10.2. The molecule has 2 heterocycles. The van der Waals surface area contributed by atoms with Gasteiger partial charge in [-0.05, 0) is 25.1 Å². The molecule has 2 aromatic rings. The van der Waals surface area contributed by atoms with Crippen LogP contribution in [0.25, 0.3) is 5.82 Å². The molecule has 0 aliphatic carbocycles. The van der Waals surface area contributed by atoms with Gasteiger partial charge in [-0.2, -0.15) is 10.2 Å². The van der Waals surface area contributed by atoms with Gasteiger partial charge in [0.2, 0.25) is 0 Å². The van der Waals surface area contributed by atoms with E-state index in [-0.39, 0.29) is 0 Å². The summed E-state index contributed by atoms with van der Waals surface area (Å²) in [5, 5.41) is 15.7. The van der Waals surface area contributed by atoms with Gasteiger partial charge in [-0.3, -0.25) is 0 Å². The molecule has 0 spiro atoms. The lowest BCUT2D eigenvalue weighted by Gasteiger charge is -2.06. The van der Waals surface area contributed by atoms with Crippen molar-refractivity contribution >= 4 is 0 Å². The van der Waals surface area contributed by atoms with Crippen molar-refractivity contribution in [2.24, 2.45) is 0 Å². The molecule has 90 valence electrons. The Morgan fingerprint density at radius 1 is 1.35 bits per heavy atom. The number of nitrogens with zero attached hydrogens (tertiary/aromatic N) is 4. The minimum atomic E-state index is 0.770. The molecule has 0 fully saturated rings. The normalized spacial score (nSPS) is 10.7. The lowest BCUT2D eigenvalue weighted by Crippen LogP contribution is -2.13. The summed E-state index contributed by atoms with van der Waals surface area (Å²) in [4.78, 5) is 0. The minimum absolute atomic E-state index is 0.770. The number of nitrogens with one attached hydrogen (secondary N) is 1. The second-order valence-corrected chi connectivity index (χ2v) is 3.74. The van der Waals surface area contributed by atoms with Crippen LogP contribution >= 0.6 is 0 Å². The Morgan fingerprint density at radius 2 is 2.24 bits per heavy atom. The fraction of sp³-hybridized carbons (Fsp3) is 0.417. The van der Waals surface area contributed by atoms with Crippen molar-refractivity contribution in [3.05, 3.63) is 35.8 Å². The third-order valence-electron chi connectivity index (χ3n) is 2.63. The summed E-state index contributed by atoms with van der Waals surface area (Å²) in [6.07, 6.45) is 4.49. The Morgan fingerprint density at radius 3 is 2.88 bits per heavy atom. The maximum Gasteiger partial charge on any atom is 0.175 e. The van der Waals surface area contributed by atoms with Crippen LogP contribution in [0.2, 0.25) is 0 Å². The quantitative estimate of drug-likeness (QED) is 0.843. The van der Waals surface area contributed by atoms with Crippen LogP contribution in [0.4, 0.5) is 0 Å². The summed E-state index contributed by atoms with van der Waals surface area (Å²) >= 11 is 0. The fourth-order valence-corrected chi connectivity index (χ4v) is 1.80. The molecule has 0 atom stereocenters. The predicted octanol–water partition coefficient (Wildman–Crippen LogP) is 1.33. The Kier molecular flexibility index (Phi) is 3.82. The molecule has 0 amide bonds. The highest BCUT2D eigenvalue weighted by atomic mass is 15.3. The zero-order chi connectivity index (χ0) is 12.1. The third kappa shape index (κ3) is 2.50. The molecular formula is C12H17N5. The average Bonchev–Trinajstić information content (AvgIpc) is 2.80. The van der Waals surface area contributed by atoms with Gasteiger partial charge in [0.25, 0.3) is 0 Å². The molecule has 0 aliphatic rings. The van der Waals surface area contributed by atoms with Crippen molar-refractivity contribution in [1.82, 2.24) is 25.3 Å². The van der Waals surface area contributed by atoms with Crippen molar-refractivity contribution < 1.29 is 0 Å². The molecule has 0 saturated carbocycles. The van der Waals surface area contributed by atoms with Crippen LogP contribution in [-0.2, 0) is 13.0 Å². The van der Waals surface area contributed by atoms with Crippen LogP contribution < -0.4 is 5.32 Å². The smallest absolute Gasteiger partial charge is 0.175 e. The molecular weight excluding hydrogens is 214 g/mol. The number of hydrogen-bond acceptors (Lipinski definition) is 4. The molecule has 0 unspecified atom stereocenters. The lowest BCUT2D eigenvalue weighted by molar-refractivity contribution is 0.712. The molecule has 2 aromatic heterocycles. The van der Waals surface area contributed by atoms with E-state index in [2.05, 4.69) is 34.5 Å². The van der Waals surface area contributed by atoms with E-state index in [9.17, 15) is 0 Å². The predicted molar refractivity (Wildman–Crippen MR) is 65.9 cm³/mol. The number of aromatic nitrogens is 4. The first-order valence-electron chi connectivity index (χ1n) is 5.91. The van der Waals surface area contributed by atoms with E-state index in [4.69, 9.17) is 0 Å². The van der Waals surface area contributed by atoms with Crippen LogP contribution in [0.15, 0.2) is 24.5 Å². The minimum Gasteiger partial charge on any atom is -0.313 e. The average molecular weight is 231 g/mol. The van der Waals surface area contributed by atoms with Crippen LogP contribution in [0.1, 0.15) is 25.1 Å². The number of rotatable bonds is 5. The van der Waals surface area contributed by atoms with Crippen LogP contribution in [0.5, 0.6) is 0 Å². The van der Waals surface area contributed by atoms with E-state index in [0.717, 1.165) is 25.3 Å². The van der Waals surface area contributed by atoms with Gasteiger partial charge in [-0.25, -0.2) is 4.68 Å². The summed E-state index contributed by atoms with van der Waals surface area (Å²) in [5.74, 6) is 0.770. The molecule has 0 radical (unpaired) electrons. The van der Waals surface area contributed by atoms with Crippen LogP contribution in [0.3, 0.4) is 0 Å². The molecule has 5 nitrogen and oxygen atoms in total. The molecule has 0 aliphatic heterocycles. The van der Waals surface area contributed by atoms with E-state index in [1.54, 1.807) is 6.20 Å². The first kappa shape index (κ1) is 11.7. The maximum atomic E-state index is 4.38. The van der Waals surface area contributed by atoms with E-state index < -0.39 is 0 Å². The van der Waals surface area contributed by atoms with Gasteiger partial charge in [0.15, 0.2) is 5.82 Å². The van der Waals surface area contributed by atoms with Crippen molar-refractivity contribution in [2.75, 3.05) is 6.54 Å². The highest BCUT2D eigenvalue weighted by molar-refractivity contribution is 5.27. The van der Waals surface area contributed by atoms with Gasteiger partial charge in [0.1, 0.15) is 0 Å². The van der Waals surface area contributed by atoms with E-state index in [1.165, 1.54) is 11.3 Å². The largest absolute Gasteiger partial charge is 0.313 e. The summed E-state index contributed by atoms with van der Waals surface area (Å²) in [6, 6.07) is 3.78. The van der Waals surface area contributed by atoms with Gasteiger partial charge in [0, 0.05) is 18.3 Å². The zero-order valence-electron chi connectivity index (χ0n) is 10.2. The van der Waals surface area contributed by atoms with E-state index >= 15 is 0 Å². The van der Waals surface area contributed by atoms with Gasteiger partial charge in [0.05, 0.1) is 11.9 Å². The highest BCUT2D eigenvalue weighted by Gasteiger charge is 2.10. The van der Waals surface area contributed by atoms with Gasteiger partial charge < -0.3 is 5.32 Å². The zero-order valence-corrected chi connectivity index (χ0v) is 10.2. The maximum absolute atomic E-state index is 4.38. The van der Waals surface area contributed by atoms with Gasteiger partial charge in [-0.15, -0.1) is 5.10 Å². The van der Waals surface area contributed by atoms with Gasteiger partial charge in [-0.1, -0.05) is 13.8 Å². The van der Waals surface area contributed by atoms with Crippen molar-refractivity contribution in [1.29, 1.82) is 0 Å². The fourth-order valence-electron chi connectivity index (χ4n) is 1.80. The Bertz CT molecular complexity index is 463. The van der Waals surface area contributed by atoms with Crippen molar-refractivity contribution in [3.63, 3.8) is 0 Å². The summed E-state index contributed by atoms with van der Waals surface area (Å²) in [5.41, 5.74) is 2.41. The monoisotopic (exact) mass is 231 g/mol. The van der Waals surface area contributed by atoms with Gasteiger partial charge >= 0.3 is 0 Å². The van der Waals surface area contributed by atoms with E-state index in [1.807, 2.05) is 23.0 Å². The molecule has 2 rings (SSSR count). The number of hydrogen-bond donors (Lipinski definition) is 1. The summed E-state index contributed by atoms with van der Waals surface area (Å²) in [7, 11) is 0. The second-order valence-electron chi connectivity index (χ2n) is 3.74. The molecule has 0 aromatic carbocycles. The second kappa shape index (κ2) is 5.54. The molecule has 0 saturated heterocycles. The molecule has 0 bridgehead atoms. The standard InChI is InChI=1S/C12H17N5/c1-3-11-10(8-13-4-2)9-15-17(11)12-6-5-7-14-16-12/h5-7,9,13H,3-4,8H2,1-2H3. The summed E-state index contributed by atoms with van der Waals surface area (Å²) in [6.45, 7) is 6.03. The Balaban J connectivity index is 2.32. The summed E-state index contributed by atoms with van der Waals surface area (Å²) < 4.78 is 1.86. The highest BCUT2D eigenvalue weighted by Crippen LogP contribution is 2.13. The molecule has 5 heteroatoms. The van der Waals surface area contributed by atoms with Crippen molar-refractivity contribution in [2.45, 2.75) is 26.8 Å². The SMILES string of the molecule is CCNCc1cnn(-c2cccnn2)c1CC. The van der Waals surface area contributed by atoms with Crippen LogP contribution in [0, 0.1) is 0 Å². The Hall–Kier alpha value is -1.75. The van der Waals surface area contributed by atoms with Crippen molar-refractivity contribution in [3.8, 4) is 5.82 Å². The third-order valence-corrected chi connectivity index (χ3v) is 2.63. The molecule has 17 heavy (non-hydrogen) atoms. The first-order chi connectivity index (χ1) is 8.36. The topological polar surface area (TPSA) is 55.6 Å².